The van der Waals surface area contributed by atoms with Gasteiger partial charge in [-0.3, -0.25) is 4.98 Å². The van der Waals surface area contributed by atoms with Crippen LogP contribution in [0.2, 0.25) is 0 Å². The fourth-order valence-corrected chi connectivity index (χ4v) is 1.60. The highest BCUT2D eigenvalue weighted by Gasteiger charge is 2.17. The third-order valence-corrected chi connectivity index (χ3v) is 2.23. The molecule has 0 aliphatic rings. The first-order valence-corrected chi connectivity index (χ1v) is 4.80. The summed E-state index contributed by atoms with van der Waals surface area (Å²) in [5, 5.41) is 0. The summed E-state index contributed by atoms with van der Waals surface area (Å²) in [5.41, 5.74) is 2.02. The molecule has 1 unspecified atom stereocenters. The molecule has 1 heterocycles. The molecular formula is C12H17NO. The molecular weight excluding hydrogens is 174 g/mol. The van der Waals surface area contributed by atoms with Crippen LogP contribution in [0.15, 0.2) is 24.9 Å². The molecule has 2 nitrogen and oxygen atoms in total. The maximum Gasteiger partial charge on any atom is 0.0864 e. The molecule has 0 aliphatic carbocycles. The maximum atomic E-state index is 5.45. The summed E-state index contributed by atoms with van der Waals surface area (Å²) in [6, 6.07) is 3.97. The molecule has 0 radical (unpaired) electrons. The minimum Gasteiger partial charge on any atom is -0.376 e. The molecule has 0 saturated carbocycles. The lowest BCUT2D eigenvalue weighted by Gasteiger charge is -2.20. The van der Waals surface area contributed by atoms with Gasteiger partial charge in [-0.2, -0.15) is 0 Å². The summed E-state index contributed by atoms with van der Waals surface area (Å²) in [6.07, 6.45) is 3.63. The summed E-state index contributed by atoms with van der Waals surface area (Å²) in [4.78, 5) is 4.25. The number of rotatable bonds is 4. The minimum atomic E-state index is 0.0942. The molecule has 0 fully saturated rings. The van der Waals surface area contributed by atoms with Gasteiger partial charge in [0.25, 0.3) is 0 Å². The zero-order valence-electron chi connectivity index (χ0n) is 9.03. The highest BCUT2D eigenvalue weighted by molar-refractivity contribution is 5.47. The summed E-state index contributed by atoms with van der Waals surface area (Å²) in [5.74, 6) is 0.433. The molecule has 0 saturated heterocycles. The van der Waals surface area contributed by atoms with Crippen LogP contribution in [0.4, 0.5) is 0 Å². The molecule has 0 N–H and O–H groups in total. The van der Waals surface area contributed by atoms with Crippen LogP contribution >= 0.6 is 0 Å². The number of hydrogen-bond acceptors (Lipinski definition) is 2. The second kappa shape index (κ2) is 4.91. The first-order valence-electron chi connectivity index (χ1n) is 4.80. The van der Waals surface area contributed by atoms with Gasteiger partial charge < -0.3 is 4.74 Å². The fraction of sp³-hybridized carbons (Fsp3) is 0.417. The van der Waals surface area contributed by atoms with E-state index < -0.39 is 0 Å². The number of pyridine rings is 1. The van der Waals surface area contributed by atoms with Crippen LogP contribution < -0.4 is 0 Å². The van der Waals surface area contributed by atoms with E-state index in [0.29, 0.717) is 5.92 Å². The van der Waals surface area contributed by atoms with Gasteiger partial charge >= 0.3 is 0 Å². The van der Waals surface area contributed by atoms with E-state index in [1.807, 2.05) is 12.1 Å². The Morgan fingerprint density at radius 2 is 2.21 bits per heavy atom. The number of methoxy groups -OCH3 is 1. The van der Waals surface area contributed by atoms with E-state index in [1.165, 1.54) is 0 Å². The molecule has 76 valence electrons. The third kappa shape index (κ3) is 2.20. The smallest absolute Gasteiger partial charge is 0.0864 e. The van der Waals surface area contributed by atoms with Crippen molar-refractivity contribution < 1.29 is 4.74 Å². The molecule has 1 atom stereocenters. The van der Waals surface area contributed by atoms with Crippen molar-refractivity contribution in [3.63, 3.8) is 0 Å². The highest BCUT2D eigenvalue weighted by Crippen LogP contribution is 2.27. The number of ether oxygens (including phenoxy) is 1. The Bertz CT molecular complexity index is 307. The molecule has 14 heavy (non-hydrogen) atoms. The summed E-state index contributed by atoms with van der Waals surface area (Å²) >= 11 is 0. The average molecular weight is 191 g/mol. The zero-order valence-corrected chi connectivity index (χ0v) is 9.03. The zero-order chi connectivity index (χ0) is 10.6. The van der Waals surface area contributed by atoms with Crippen LogP contribution in [-0.4, -0.2) is 12.1 Å². The van der Waals surface area contributed by atoms with Gasteiger partial charge in [0.15, 0.2) is 0 Å². The highest BCUT2D eigenvalue weighted by atomic mass is 16.5. The van der Waals surface area contributed by atoms with Gasteiger partial charge in [0.2, 0.25) is 0 Å². The predicted octanol–water partition coefficient (Wildman–Crippen LogP) is 3.07. The van der Waals surface area contributed by atoms with E-state index in [0.717, 1.165) is 11.3 Å². The Morgan fingerprint density at radius 1 is 1.50 bits per heavy atom. The van der Waals surface area contributed by atoms with Gasteiger partial charge in [-0.1, -0.05) is 26.5 Å². The van der Waals surface area contributed by atoms with Gasteiger partial charge in [-0.25, -0.2) is 0 Å². The largest absolute Gasteiger partial charge is 0.376 e. The molecule has 1 rings (SSSR count). The molecule has 0 aromatic carbocycles. The van der Waals surface area contributed by atoms with Crippen LogP contribution in [0.1, 0.15) is 31.2 Å². The Labute approximate surface area is 85.6 Å². The fourth-order valence-electron chi connectivity index (χ4n) is 1.60. The monoisotopic (exact) mass is 191 g/mol. The van der Waals surface area contributed by atoms with Crippen molar-refractivity contribution in [2.24, 2.45) is 5.92 Å². The maximum absolute atomic E-state index is 5.45. The van der Waals surface area contributed by atoms with Crippen LogP contribution in [0, 0.1) is 5.92 Å². The molecule has 2 heteroatoms. The van der Waals surface area contributed by atoms with Crippen molar-refractivity contribution in [2.45, 2.75) is 20.0 Å². The van der Waals surface area contributed by atoms with Gasteiger partial charge in [0.05, 0.1) is 11.8 Å². The normalized spacial score (nSPS) is 12.9. The van der Waals surface area contributed by atoms with E-state index in [1.54, 1.807) is 19.4 Å². The van der Waals surface area contributed by atoms with Crippen molar-refractivity contribution in [3.05, 3.63) is 36.2 Å². The number of aromatic nitrogens is 1. The van der Waals surface area contributed by atoms with Crippen LogP contribution in [0.3, 0.4) is 0 Å². The topological polar surface area (TPSA) is 22.1 Å². The average Bonchev–Trinajstić information content (AvgIpc) is 2.19. The van der Waals surface area contributed by atoms with E-state index in [4.69, 9.17) is 4.74 Å². The molecule has 0 aliphatic heterocycles. The molecule has 1 aromatic rings. The second-order valence-electron chi connectivity index (χ2n) is 3.58. The summed E-state index contributed by atoms with van der Waals surface area (Å²) in [6.45, 7) is 8.02. The minimum absolute atomic E-state index is 0.0942. The Morgan fingerprint density at radius 3 is 2.71 bits per heavy atom. The van der Waals surface area contributed by atoms with Crippen LogP contribution in [-0.2, 0) is 4.74 Å². The molecule has 0 spiro atoms. The van der Waals surface area contributed by atoms with Crippen molar-refractivity contribution >= 4 is 6.08 Å². The quantitative estimate of drug-likeness (QED) is 0.729. The first-order chi connectivity index (χ1) is 6.70. The van der Waals surface area contributed by atoms with Crippen molar-refractivity contribution in [1.29, 1.82) is 0 Å². The lowest BCUT2D eigenvalue weighted by molar-refractivity contribution is 0.0642. The third-order valence-electron chi connectivity index (χ3n) is 2.23. The summed E-state index contributed by atoms with van der Waals surface area (Å²) < 4.78 is 5.45. The van der Waals surface area contributed by atoms with Crippen molar-refractivity contribution in [1.82, 2.24) is 4.98 Å². The first kappa shape index (κ1) is 10.9. The molecule has 0 amide bonds. The van der Waals surface area contributed by atoms with Crippen molar-refractivity contribution in [2.75, 3.05) is 7.11 Å². The van der Waals surface area contributed by atoms with Gasteiger partial charge in [-0.15, -0.1) is 0 Å². The second-order valence-corrected chi connectivity index (χ2v) is 3.58. The van der Waals surface area contributed by atoms with Crippen LogP contribution in [0.5, 0.6) is 0 Å². The van der Waals surface area contributed by atoms with E-state index >= 15 is 0 Å². The van der Waals surface area contributed by atoms with E-state index in [-0.39, 0.29) is 6.10 Å². The van der Waals surface area contributed by atoms with Gasteiger partial charge in [-0.05, 0) is 18.1 Å². The SMILES string of the molecule is C=Cc1ncccc1C(OC)C(C)C. The molecule has 0 bridgehead atoms. The standard InChI is InChI=1S/C12H17NO/c1-5-11-10(7-6-8-13-11)12(14-4)9(2)3/h5-9,12H,1H2,2-4H3. The lowest BCUT2D eigenvalue weighted by Crippen LogP contribution is -2.10. The predicted molar refractivity (Wildman–Crippen MR) is 58.9 cm³/mol. The van der Waals surface area contributed by atoms with Gasteiger partial charge in [0, 0.05) is 18.9 Å². The van der Waals surface area contributed by atoms with Gasteiger partial charge in [0.1, 0.15) is 0 Å². The Balaban J connectivity index is 3.08. The van der Waals surface area contributed by atoms with E-state index in [2.05, 4.69) is 25.4 Å². The van der Waals surface area contributed by atoms with Crippen LogP contribution in [0.25, 0.3) is 6.08 Å². The number of hydrogen-bond donors (Lipinski definition) is 0. The van der Waals surface area contributed by atoms with Crippen molar-refractivity contribution in [3.8, 4) is 0 Å². The lowest BCUT2D eigenvalue weighted by atomic mass is 9.97. The molecule has 1 aromatic heterocycles. The Kier molecular flexibility index (Phi) is 3.84. The number of nitrogens with zero attached hydrogens (tertiary/aromatic N) is 1. The Hall–Kier alpha value is -1.15. The van der Waals surface area contributed by atoms with E-state index in [9.17, 15) is 0 Å². The summed E-state index contributed by atoms with van der Waals surface area (Å²) in [7, 11) is 1.73.